The number of nitrogens with two attached hydrogens (primary N) is 1. The first kappa shape index (κ1) is 19.0. The molecule has 134 valence electrons. The number of thioether (sulfide) groups is 1. The molecule has 0 saturated heterocycles. The third-order valence-electron chi connectivity index (χ3n) is 3.79. The zero-order chi connectivity index (χ0) is 18.2. The zero-order valence-electron chi connectivity index (χ0n) is 13.9. The summed E-state index contributed by atoms with van der Waals surface area (Å²) in [7, 11) is 0. The monoisotopic (exact) mass is 362 g/mol. The summed E-state index contributed by atoms with van der Waals surface area (Å²) in [6.45, 7) is 0. The van der Waals surface area contributed by atoms with Crippen LogP contribution in [0, 0.1) is 0 Å². The lowest BCUT2D eigenvalue weighted by Crippen LogP contribution is -2.41. The maximum Gasteiger partial charge on any atom is 0.326 e. The summed E-state index contributed by atoms with van der Waals surface area (Å²) in [5.41, 5.74) is 8.30. The molecule has 0 fully saturated rings. The molecular formula is C17H22N4O3S. The van der Waals surface area contributed by atoms with E-state index in [1.54, 1.807) is 30.7 Å². The fourth-order valence-corrected chi connectivity index (χ4v) is 2.87. The van der Waals surface area contributed by atoms with Gasteiger partial charge in [0.2, 0.25) is 0 Å². The lowest BCUT2D eigenvalue weighted by molar-refractivity contribution is -0.139. The Morgan fingerprint density at radius 2 is 2.24 bits per heavy atom. The van der Waals surface area contributed by atoms with Gasteiger partial charge in [-0.3, -0.25) is 4.79 Å². The van der Waals surface area contributed by atoms with Gasteiger partial charge in [0, 0.05) is 29.9 Å². The van der Waals surface area contributed by atoms with Crippen LogP contribution < -0.4 is 11.1 Å². The van der Waals surface area contributed by atoms with Crippen LogP contribution >= 0.6 is 11.8 Å². The quantitative estimate of drug-likeness (QED) is 0.537. The van der Waals surface area contributed by atoms with Crippen molar-refractivity contribution < 1.29 is 14.7 Å². The third-order valence-corrected chi connectivity index (χ3v) is 4.43. The molecule has 1 aromatic carbocycles. The minimum atomic E-state index is -1.03. The van der Waals surface area contributed by atoms with Crippen LogP contribution in [0.4, 0.5) is 0 Å². The Balaban J connectivity index is 2.06. The summed E-state index contributed by atoms with van der Waals surface area (Å²) in [6.07, 6.45) is 6.13. The number of benzene rings is 1. The van der Waals surface area contributed by atoms with Crippen LogP contribution in [0.25, 0.3) is 0 Å². The Labute approximate surface area is 150 Å². The highest BCUT2D eigenvalue weighted by atomic mass is 32.2. The number of carbonyl (C=O) groups excluding carboxylic acids is 1. The maximum atomic E-state index is 12.4. The molecule has 0 aliphatic carbocycles. The van der Waals surface area contributed by atoms with E-state index in [-0.39, 0.29) is 6.04 Å². The summed E-state index contributed by atoms with van der Waals surface area (Å²) < 4.78 is 0. The number of rotatable bonds is 9. The van der Waals surface area contributed by atoms with Crippen molar-refractivity contribution in [2.75, 3.05) is 12.0 Å². The van der Waals surface area contributed by atoms with Crippen LogP contribution in [-0.4, -0.2) is 45.0 Å². The Hall–Kier alpha value is -2.32. The van der Waals surface area contributed by atoms with Crippen molar-refractivity contribution in [1.29, 1.82) is 0 Å². The molecular weight excluding hydrogens is 340 g/mol. The first-order valence-electron chi connectivity index (χ1n) is 7.86. The number of imidazole rings is 1. The number of aliphatic carboxylic acids is 1. The average Bonchev–Trinajstić information content (AvgIpc) is 3.11. The fraction of sp³-hybridized carbons (Fsp3) is 0.353. The minimum absolute atomic E-state index is 0.292. The van der Waals surface area contributed by atoms with Gasteiger partial charge in [-0.25, -0.2) is 9.78 Å². The molecule has 0 radical (unpaired) electrons. The van der Waals surface area contributed by atoms with Crippen molar-refractivity contribution in [1.82, 2.24) is 15.3 Å². The van der Waals surface area contributed by atoms with Crippen LogP contribution in [-0.2, 0) is 11.2 Å². The molecule has 0 aliphatic rings. The van der Waals surface area contributed by atoms with Crippen LogP contribution in [0.3, 0.4) is 0 Å². The Bertz CT molecular complexity index is 706. The lowest BCUT2D eigenvalue weighted by Gasteiger charge is -2.15. The second-order valence-electron chi connectivity index (χ2n) is 5.66. The van der Waals surface area contributed by atoms with E-state index in [9.17, 15) is 14.7 Å². The van der Waals surface area contributed by atoms with Gasteiger partial charge in [-0.1, -0.05) is 12.1 Å². The van der Waals surface area contributed by atoms with Crippen LogP contribution in [0.15, 0.2) is 36.8 Å². The minimum Gasteiger partial charge on any atom is -0.480 e. The van der Waals surface area contributed by atoms with Gasteiger partial charge in [0.15, 0.2) is 0 Å². The second-order valence-corrected chi connectivity index (χ2v) is 6.64. The van der Waals surface area contributed by atoms with Crippen molar-refractivity contribution in [3.8, 4) is 0 Å². The van der Waals surface area contributed by atoms with Gasteiger partial charge in [0.1, 0.15) is 6.04 Å². The van der Waals surface area contributed by atoms with E-state index in [1.807, 2.05) is 12.3 Å². The SMILES string of the molecule is CSCC[C@H](NC(=O)c1cccc(C(N)Cc2cnc[nH]2)c1)C(=O)O. The van der Waals surface area contributed by atoms with Gasteiger partial charge >= 0.3 is 5.97 Å². The van der Waals surface area contributed by atoms with Gasteiger partial charge in [0.05, 0.1) is 6.33 Å². The van der Waals surface area contributed by atoms with Crippen LogP contribution in [0.1, 0.15) is 34.1 Å². The normalized spacial score (nSPS) is 13.2. The largest absolute Gasteiger partial charge is 0.480 e. The van der Waals surface area contributed by atoms with E-state index in [2.05, 4.69) is 15.3 Å². The second kappa shape index (κ2) is 9.24. The number of nitrogens with zero attached hydrogens (tertiary/aromatic N) is 1. The van der Waals surface area contributed by atoms with E-state index >= 15 is 0 Å². The van der Waals surface area contributed by atoms with Crippen molar-refractivity contribution in [3.05, 3.63) is 53.6 Å². The Morgan fingerprint density at radius 1 is 1.44 bits per heavy atom. The highest BCUT2D eigenvalue weighted by molar-refractivity contribution is 7.98. The first-order chi connectivity index (χ1) is 12.0. The lowest BCUT2D eigenvalue weighted by atomic mass is 10.0. The number of carbonyl (C=O) groups is 2. The van der Waals surface area contributed by atoms with Gasteiger partial charge in [-0.15, -0.1) is 0 Å². The van der Waals surface area contributed by atoms with Crippen LogP contribution in [0.2, 0.25) is 0 Å². The van der Waals surface area contributed by atoms with Gasteiger partial charge in [-0.05, 0) is 36.1 Å². The van der Waals surface area contributed by atoms with Gasteiger partial charge < -0.3 is 21.1 Å². The Kier molecular flexibility index (Phi) is 7.03. The highest BCUT2D eigenvalue weighted by Crippen LogP contribution is 2.16. The summed E-state index contributed by atoms with van der Waals surface area (Å²) in [6, 6.07) is 5.75. The number of H-pyrrole nitrogens is 1. The van der Waals surface area contributed by atoms with E-state index in [4.69, 9.17) is 5.73 Å². The molecule has 7 nitrogen and oxygen atoms in total. The van der Waals surface area contributed by atoms with E-state index in [1.165, 1.54) is 11.8 Å². The van der Waals surface area contributed by atoms with Gasteiger partial charge in [-0.2, -0.15) is 11.8 Å². The number of nitrogens with one attached hydrogen (secondary N) is 2. The smallest absolute Gasteiger partial charge is 0.326 e. The van der Waals surface area contributed by atoms with Crippen molar-refractivity contribution >= 4 is 23.6 Å². The topological polar surface area (TPSA) is 121 Å². The summed E-state index contributed by atoms with van der Waals surface area (Å²) >= 11 is 1.54. The predicted molar refractivity (Wildman–Crippen MR) is 97.6 cm³/mol. The maximum absolute atomic E-state index is 12.4. The molecule has 2 atom stereocenters. The number of aromatic amines is 1. The fourth-order valence-electron chi connectivity index (χ4n) is 2.40. The molecule has 1 unspecified atom stereocenters. The average molecular weight is 362 g/mol. The number of carboxylic acid groups (broad SMARTS) is 1. The van der Waals surface area contributed by atoms with Crippen molar-refractivity contribution in [3.63, 3.8) is 0 Å². The Morgan fingerprint density at radius 3 is 2.88 bits per heavy atom. The van der Waals surface area contributed by atoms with Crippen molar-refractivity contribution in [2.45, 2.75) is 24.9 Å². The standard InChI is InChI=1S/C17H22N4O3S/c1-25-6-5-15(17(23)24)21-16(22)12-4-2-3-11(7-12)14(18)8-13-9-19-10-20-13/h2-4,7,9-10,14-15H,5-6,8,18H2,1H3,(H,19,20)(H,21,22)(H,23,24)/t14?,15-/m0/s1. The molecule has 0 aliphatic heterocycles. The summed E-state index contributed by atoms with van der Waals surface area (Å²) in [5.74, 6) is -0.787. The predicted octanol–water partition coefficient (Wildman–Crippen LogP) is 1.59. The molecule has 0 saturated carbocycles. The highest BCUT2D eigenvalue weighted by Gasteiger charge is 2.20. The van der Waals surface area contributed by atoms with Crippen LogP contribution in [0.5, 0.6) is 0 Å². The zero-order valence-corrected chi connectivity index (χ0v) is 14.8. The number of hydrogen-bond acceptors (Lipinski definition) is 5. The molecule has 2 rings (SSSR count). The number of hydrogen-bond donors (Lipinski definition) is 4. The summed E-state index contributed by atoms with van der Waals surface area (Å²) in [5, 5.41) is 11.8. The first-order valence-corrected chi connectivity index (χ1v) is 9.26. The van der Waals surface area contributed by atoms with E-state index in [0.717, 1.165) is 11.3 Å². The van der Waals surface area contributed by atoms with Crippen molar-refractivity contribution in [2.24, 2.45) is 5.73 Å². The molecule has 1 heterocycles. The molecule has 5 N–H and O–H groups in total. The molecule has 0 bridgehead atoms. The molecule has 25 heavy (non-hydrogen) atoms. The molecule has 2 aromatic rings. The molecule has 1 amide bonds. The summed E-state index contributed by atoms with van der Waals surface area (Å²) in [4.78, 5) is 30.6. The molecule has 0 spiro atoms. The molecule has 8 heteroatoms. The number of aromatic nitrogens is 2. The third kappa shape index (κ3) is 5.61. The molecule has 1 aromatic heterocycles. The van der Waals surface area contributed by atoms with E-state index < -0.39 is 17.9 Å². The number of carboxylic acids is 1. The number of amides is 1. The van der Waals surface area contributed by atoms with Gasteiger partial charge in [0.25, 0.3) is 5.91 Å². The van der Waals surface area contributed by atoms with E-state index in [0.29, 0.717) is 24.2 Å².